The lowest BCUT2D eigenvalue weighted by Crippen LogP contribution is -2.45. The van der Waals surface area contributed by atoms with E-state index in [4.69, 9.17) is 4.74 Å². The number of hydrogen-bond donors (Lipinski definition) is 2. The van der Waals surface area contributed by atoms with Gasteiger partial charge in [-0.15, -0.1) is 0 Å². The molecule has 2 fully saturated rings. The highest BCUT2D eigenvalue weighted by molar-refractivity contribution is 6.05. The van der Waals surface area contributed by atoms with Crippen molar-refractivity contribution < 1.29 is 19.4 Å². The minimum Gasteiger partial charge on any atom is -0.494 e. The maximum absolute atomic E-state index is 13.0. The second kappa shape index (κ2) is 13.1. The lowest BCUT2D eigenvalue weighted by atomic mass is 9.92. The van der Waals surface area contributed by atoms with Crippen LogP contribution in [0.25, 0.3) is 0 Å². The fraction of sp³-hybridized carbons (Fsp3) is 0.679. The number of rotatable bonds is 14. The summed E-state index contributed by atoms with van der Waals surface area (Å²) in [7, 11) is 0. The summed E-state index contributed by atoms with van der Waals surface area (Å²) < 4.78 is 5.94. The molecule has 2 aliphatic heterocycles. The van der Waals surface area contributed by atoms with Crippen LogP contribution in [-0.2, 0) is 16.1 Å². The van der Waals surface area contributed by atoms with Crippen LogP contribution in [0.1, 0.15) is 83.1 Å². The number of aliphatic hydroxyl groups is 1. The molecule has 1 atom stereocenters. The van der Waals surface area contributed by atoms with Crippen LogP contribution in [0.2, 0.25) is 0 Å². The largest absolute Gasteiger partial charge is 0.494 e. The van der Waals surface area contributed by atoms with E-state index >= 15 is 0 Å². The third kappa shape index (κ3) is 6.78. The predicted molar refractivity (Wildman–Crippen MR) is 140 cm³/mol. The third-order valence-electron chi connectivity index (χ3n) is 7.67. The molecule has 4 rings (SSSR count). The number of benzene rings is 1. The number of nitrogens with one attached hydrogen (secondary N) is 1. The van der Waals surface area contributed by atoms with Crippen molar-refractivity contribution in [2.75, 3.05) is 26.3 Å². The minimum absolute atomic E-state index is 0.0181. The second-order valence-corrected chi connectivity index (χ2v) is 10.4. The molecular weight excluding hydrogens is 456 g/mol. The van der Waals surface area contributed by atoms with Crippen LogP contribution < -0.4 is 10.1 Å². The first-order valence-electron chi connectivity index (χ1n) is 13.9. The van der Waals surface area contributed by atoms with Gasteiger partial charge in [0, 0.05) is 31.6 Å². The normalized spacial score (nSPS) is 17.9. The molecule has 1 saturated carbocycles. The van der Waals surface area contributed by atoms with Crippen LogP contribution in [0, 0.1) is 5.92 Å². The lowest BCUT2D eigenvalue weighted by molar-refractivity contribution is -0.135. The van der Waals surface area contributed by atoms with E-state index in [-0.39, 0.29) is 18.4 Å². The van der Waals surface area contributed by atoms with Gasteiger partial charge in [-0.3, -0.25) is 14.9 Å². The van der Waals surface area contributed by atoms with Crippen LogP contribution >= 0.6 is 0 Å². The number of carbonyl (C=O) groups is 2. The van der Waals surface area contributed by atoms with E-state index < -0.39 is 0 Å². The quantitative estimate of drug-likeness (QED) is 0.376. The van der Waals surface area contributed by atoms with E-state index in [2.05, 4.69) is 17.2 Å². The van der Waals surface area contributed by atoms with Crippen LogP contribution in [0.5, 0.6) is 5.75 Å². The number of aliphatic hydroxyl groups excluding tert-OH is 1. The first kappa shape index (κ1) is 26.5. The van der Waals surface area contributed by atoms with Crippen LogP contribution in [-0.4, -0.2) is 65.0 Å². The molecule has 1 unspecified atom stereocenters. The third-order valence-corrected chi connectivity index (χ3v) is 7.67. The first-order valence-corrected chi connectivity index (χ1v) is 13.9. The summed E-state index contributed by atoms with van der Waals surface area (Å²) in [5, 5.41) is 12.4. The maximum atomic E-state index is 13.0. The molecule has 8 nitrogen and oxygen atoms in total. The zero-order valence-electron chi connectivity index (χ0n) is 21.7. The molecule has 2 N–H and O–H groups in total. The number of amides is 2. The molecule has 3 aliphatic rings. The number of hydrogen-bond acceptors (Lipinski definition) is 6. The Balaban J connectivity index is 1.16. The van der Waals surface area contributed by atoms with Gasteiger partial charge in [-0.2, -0.15) is 0 Å². The van der Waals surface area contributed by atoms with Crippen molar-refractivity contribution in [1.29, 1.82) is 0 Å². The van der Waals surface area contributed by atoms with Crippen molar-refractivity contribution in [2.24, 2.45) is 10.9 Å². The molecule has 8 heteroatoms. The summed E-state index contributed by atoms with van der Waals surface area (Å²) in [6, 6.07) is 6.22. The van der Waals surface area contributed by atoms with Gasteiger partial charge in [0.05, 0.1) is 18.9 Å². The van der Waals surface area contributed by atoms with Crippen molar-refractivity contribution >= 4 is 23.5 Å². The Morgan fingerprint density at radius 3 is 2.81 bits per heavy atom. The van der Waals surface area contributed by atoms with Crippen LogP contribution in [0.4, 0.5) is 5.69 Å². The highest BCUT2D eigenvalue weighted by atomic mass is 16.5. The number of aliphatic imine (C=N–C) groups is 1. The Morgan fingerprint density at radius 2 is 2.03 bits per heavy atom. The predicted octanol–water partition coefficient (Wildman–Crippen LogP) is 4.13. The zero-order chi connectivity index (χ0) is 25.3. The Morgan fingerprint density at radius 1 is 1.22 bits per heavy atom. The minimum atomic E-state index is -0.0181. The van der Waals surface area contributed by atoms with Crippen molar-refractivity contribution in [3.63, 3.8) is 0 Å². The van der Waals surface area contributed by atoms with Crippen molar-refractivity contribution in [1.82, 2.24) is 15.1 Å². The van der Waals surface area contributed by atoms with Gasteiger partial charge in [0.1, 0.15) is 12.3 Å². The molecule has 1 aliphatic carbocycles. The Labute approximate surface area is 215 Å². The topological polar surface area (TPSA) is 94.5 Å². The van der Waals surface area contributed by atoms with E-state index in [1.54, 1.807) is 0 Å². The van der Waals surface area contributed by atoms with Crippen molar-refractivity contribution in [2.45, 2.75) is 90.1 Å². The molecule has 1 aromatic rings. The smallest absolute Gasteiger partial charge is 0.246 e. The van der Waals surface area contributed by atoms with Gasteiger partial charge >= 0.3 is 0 Å². The van der Waals surface area contributed by atoms with Gasteiger partial charge < -0.3 is 19.6 Å². The van der Waals surface area contributed by atoms with Gasteiger partial charge in [-0.05, 0) is 49.7 Å². The number of unbranched alkanes of at least 4 members (excludes halogenated alkanes) is 3. The van der Waals surface area contributed by atoms with E-state index in [0.717, 1.165) is 55.5 Å². The number of guanidine groups is 1. The zero-order valence-corrected chi connectivity index (χ0v) is 21.7. The summed E-state index contributed by atoms with van der Waals surface area (Å²) in [6.07, 6.45) is 11.5. The molecule has 1 saturated heterocycles. The Kier molecular flexibility index (Phi) is 9.61. The second-order valence-electron chi connectivity index (χ2n) is 10.4. The molecular formula is C28H42N4O4. The fourth-order valence-electron chi connectivity index (χ4n) is 5.84. The summed E-state index contributed by atoms with van der Waals surface area (Å²) >= 11 is 0. The van der Waals surface area contributed by atoms with E-state index in [9.17, 15) is 14.7 Å². The molecule has 0 spiro atoms. The number of carbonyl (C=O) groups excluding carboxylic acids is 2. The number of nitrogens with zero attached hydrogens (tertiary/aromatic N) is 3. The van der Waals surface area contributed by atoms with Crippen LogP contribution in [0.15, 0.2) is 23.2 Å². The summed E-state index contributed by atoms with van der Waals surface area (Å²) in [4.78, 5) is 33.1. The molecule has 198 valence electrons. The van der Waals surface area contributed by atoms with Gasteiger partial charge in [-0.1, -0.05) is 45.1 Å². The van der Waals surface area contributed by atoms with Gasteiger partial charge in [-0.25, -0.2) is 4.99 Å². The fourth-order valence-corrected chi connectivity index (χ4v) is 5.84. The number of fused-ring (bicyclic) bond motifs is 2. The molecule has 36 heavy (non-hydrogen) atoms. The molecule has 0 radical (unpaired) electrons. The maximum Gasteiger partial charge on any atom is 0.246 e. The molecule has 2 heterocycles. The van der Waals surface area contributed by atoms with Gasteiger partial charge in [0.25, 0.3) is 0 Å². The lowest BCUT2D eigenvalue weighted by Gasteiger charge is -2.35. The molecule has 1 aromatic carbocycles. The summed E-state index contributed by atoms with van der Waals surface area (Å²) in [5.74, 6) is 2.21. The molecule has 2 amide bonds. The van der Waals surface area contributed by atoms with E-state index in [0.29, 0.717) is 50.6 Å². The monoisotopic (exact) mass is 498 g/mol. The van der Waals surface area contributed by atoms with Crippen LogP contribution in [0.3, 0.4) is 0 Å². The summed E-state index contributed by atoms with van der Waals surface area (Å²) in [5.41, 5.74) is 1.95. The first-order chi connectivity index (χ1) is 17.6. The highest BCUT2D eigenvalue weighted by Crippen LogP contribution is 2.33. The average Bonchev–Trinajstić information content (AvgIpc) is 3.52. The molecule has 0 bridgehead atoms. The van der Waals surface area contributed by atoms with E-state index in [1.165, 1.54) is 25.7 Å². The van der Waals surface area contributed by atoms with Crippen molar-refractivity contribution in [3.8, 4) is 5.75 Å². The van der Waals surface area contributed by atoms with E-state index in [1.807, 2.05) is 28.0 Å². The van der Waals surface area contributed by atoms with Crippen molar-refractivity contribution in [3.05, 3.63) is 23.8 Å². The Hall–Kier alpha value is -2.61. The standard InChI is InChI=1S/C28H42N4O4/c1-2-9-25(21-10-6-7-11-21)32(15-16-33)27(35)12-5-3-4-8-17-36-23-14-13-22-19-31-20-26(34)30-28(31)29-24(22)18-23/h13-14,18,21,25,33H,2-12,15-17,19-20H2,1H3,(H,29,30,34). The average molecular weight is 499 g/mol. The molecule has 0 aromatic heterocycles. The highest BCUT2D eigenvalue weighted by Gasteiger charge is 2.31. The number of ether oxygens (including phenoxy) is 1. The SMILES string of the molecule is CCCC(C1CCCC1)N(CCO)C(=O)CCCCCCOc1ccc2c(c1)N=C1NC(=O)CN1C2. The van der Waals surface area contributed by atoms with Gasteiger partial charge in [0.15, 0.2) is 0 Å². The van der Waals surface area contributed by atoms with Gasteiger partial charge in [0.2, 0.25) is 17.8 Å². The Bertz CT molecular complexity index is 928. The summed E-state index contributed by atoms with van der Waals surface area (Å²) in [6.45, 7) is 4.36.